The molecule has 0 bridgehead atoms. The summed E-state index contributed by atoms with van der Waals surface area (Å²) in [6, 6.07) is 12.6. The quantitative estimate of drug-likeness (QED) is 0.812. The number of ether oxygens (including phenoxy) is 1. The molecule has 1 aliphatic heterocycles. The monoisotopic (exact) mass is 381 g/mol. The van der Waals surface area contributed by atoms with Gasteiger partial charge in [-0.15, -0.1) is 0 Å². The number of para-hydroxylation sites is 1. The van der Waals surface area contributed by atoms with Crippen LogP contribution in [-0.4, -0.2) is 22.1 Å². The first-order chi connectivity index (χ1) is 10.4. The van der Waals surface area contributed by atoms with Crippen molar-refractivity contribution in [3.05, 3.63) is 52.5 Å². The van der Waals surface area contributed by atoms with Crippen molar-refractivity contribution in [2.45, 2.75) is 17.7 Å². The molecule has 2 aromatic rings. The first-order valence-corrected chi connectivity index (χ1v) is 9.13. The van der Waals surface area contributed by atoms with Crippen molar-refractivity contribution in [1.82, 2.24) is 0 Å². The zero-order valence-electron chi connectivity index (χ0n) is 12.3. The van der Waals surface area contributed by atoms with Gasteiger partial charge in [-0.25, -0.2) is 8.42 Å². The summed E-state index contributed by atoms with van der Waals surface area (Å²) < 4.78 is 33.6. The normalized spacial score (nSPS) is 17.4. The van der Waals surface area contributed by atoms with Crippen LogP contribution in [0.15, 0.2) is 51.8 Å². The fraction of sp³-hybridized carbons (Fsp3) is 0.250. The van der Waals surface area contributed by atoms with Crippen LogP contribution in [0.1, 0.15) is 18.4 Å². The molecule has 1 heterocycles. The molecule has 0 amide bonds. The first kappa shape index (κ1) is 15.4. The number of nitrogens with zero attached hydrogens (tertiary/aromatic N) is 1. The Kier molecular flexibility index (Phi) is 3.91. The van der Waals surface area contributed by atoms with Crippen molar-refractivity contribution in [2.75, 3.05) is 18.0 Å². The minimum Gasteiger partial charge on any atom is -0.495 e. The van der Waals surface area contributed by atoms with Crippen LogP contribution in [-0.2, 0) is 10.0 Å². The van der Waals surface area contributed by atoms with E-state index in [0.717, 1.165) is 11.3 Å². The molecule has 0 radical (unpaired) electrons. The van der Waals surface area contributed by atoms with Gasteiger partial charge in [0.2, 0.25) is 0 Å². The summed E-state index contributed by atoms with van der Waals surface area (Å²) in [6.07, 6.45) is 0. The van der Waals surface area contributed by atoms with Gasteiger partial charge in [-0.3, -0.25) is 4.31 Å². The van der Waals surface area contributed by atoms with Crippen molar-refractivity contribution >= 4 is 31.6 Å². The van der Waals surface area contributed by atoms with Crippen molar-refractivity contribution in [3.63, 3.8) is 0 Å². The summed E-state index contributed by atoms with van der Waals surface area (Å²) in [5.41, 5.74) is 1.80. The van der Waals surface area contributed by atoms with E-state index in [4.69, 9.17) is 4.74 Å². The molecule has 6 heteroatoms. The Hall–Kier alpha value is -1.53. The Morgan fingerprint density at radius 3 is 2.68 bits per heavy atom. The molecule has 1 aliphatic rings. The standard InChI is InChI=1S/C16H16BrNO3S/c1-11-10-18(14-6-4-3-5-13(11)14)22(19,20)16-9-12(17)7-8-15(16)21-2/h3-9,11H,10H2,1-2H3. The number of fused-ring (bicyclic) bond motifs is 1. The van der Waals surface area contributed by atoms with Crippen LogP contribution in [0.5, 0.6) is 5.75 Å². The molecule has 0 saturated carbocycles. The molecule has 0 fully saturated rings. The maximum Gasteiger partial charge on any atom is 0.268 e. The van der Waals surface area contributed by atoms with Crippen molar-refractivity contribution in [2.24, 2.45) is 0 Å². The van der Waals surface area contributed by atoms with Gasteiger partial charge in [0.1, 0.15) is 10.6 Å². The van der Waals surface area contributed by atoms with Gasteiger partial charge in [0.15, 0.2) is 0 Å². The number of hydrogen-bond donors (Lipinski definition) is 0. The molecule has 0 N–H and O–H groups in total. The van der Waals surface area contributed by atoms with Crippen molar-refractivity contribution in [3.8, 4) is 5.75 Å². The van der Waals surface area contributed by atoms with Crippen LogP contribution in [0.2, 0.25) is 0 Å². The third-order valence-corrected chi connectivity index (χ3v) is 6.16. The van der Waals surface area contributed by atoms with E-state index in [9.17, 15) is 8.42 Å². The fourth-order valence-corrected chi connectivity index (χ4v) is 5.05. The largest absolute Gasteiger partial charge is 0.495 e. The Bertz CT molecular complexity index is 820. The van der Waals surface area contributed by atoms with Gasteiger partial charge in [0, 0.05) is 16.9 Å². The van der Waals surface area contributed by atoms with Gasteiger partial charge < -0.3 is 4.74 Å². The third kappa shape index (κ3) is 2.40. The Balaban J connectivity index is 2.15. The molecule has 116 valence electrons. The molecule has 0 spiro atoms. The van der Waals surface area contributed by atoms with E-state index in [2.05, 4.69) is 15.9 Å². The highest BCUT2D eigenvalue weighted by Crippen LogP contribution is 2.41. The third-order valence-electron chi connectivity index (χ3n) is 3.87. The van der Waals surface area contributed by atoms with E-state index in [-0.39, 0.29) is 10.8 Å². The maximum absolute atomic E-state index is 13.1. The number of hydrogen-bond acceptors (Lipinski definition) is 3. The van der Waals surface area contributed by atoms with Crippen molar-refractivity contribution < 1.29 is 13.2 Å². The van der Waals surface area contributed by atoms with Crippen molar-refractivity contribution in [1.29, 1.82) is 0 Å². The lowest BCUT2D eigenvalue weighted by Crippen LogP contribution is -2.30. The maximum atomic E-state index is 13.1. The van der Waals surface area contributed by atoms with E-state index in [1.807, 2.05) is 31.2 Å². The predicted molar refractivity (Wildman–Crippen MR) is 90.1 cm³/mol. The number of methoxy groups -OCH3 is 1. The van der Waals surface area contributed by atoms with Gasteiger partial charge in [-0.05, 0) is 29.8 Å². The Morgan fingerprint density at radius 1 is 1.23 bits per heavy atom. The first-order valence-electron chi connectivity index (χ1n) is 6.90. The summed E-state index contributed by atoms with van der Waals surface area (Å²) in [4.78, 5) is 0.174. The highest BCUT2D eigenvalue weighted by molar-refractivity contribution is 9.10. The van der Waals surface area contributed by atoms with Crippen LogP contribution in [0, 0.1) is 0 Å². The Labute approximate surface area is 138 Å². The minimum absolute atomic E-state index is 0.170. The summed E-state index contributed by atoms with van der Waals surface area (Å²) in [6.45, 7) is 2.48. The molecule has 22 heavy (non-hydrogen) atoms. The van der Waals surface area contributed by atoms with Gasteiger partial charge in [-0.2, -0.15) is 0 Å². The average molecular weight is 382 g/mol. The van der Waals surface area contributed by atoms with Crippen LogP contribution in [0.3, 0.4) is 0 Å². The van der Waals surface area contributed by atoms with Crippen LogP contribution in [0.25, 0.3) is 0 Å². The molecule has 0 aromatic heterocycles. The molecule has 0 aliphatic carbocycles. The van der Waals surface area contributed by atoms with Gasteiger partial charge in [0.25, 0.3) is 10.0 Å². The number of halogens is 1. The average Bonchev–Trinajstić information content (AvgIpc) is 2.86. The van der Waals surface area contributed by atoms with E-state index >= 15 is 0 Å². The number of anilines is 1. The van der Waals surface area contributed by atoms with Gasteiger partial charge in [-0.1, -0.05) is 41.1 Å². The second kappa shape index (κ2) is 5.59. The molecule has 1 atom stereocenters. The van der Waals surface area contributed by atoms with Gasteiger partial charge in [0.05, 0.1) is 12.8 Å². The number of sulfonamides is 1. The lowest BCUT2D eigenvalue weighted by atomic mass is 10.0. The zero-order chi connectivity index (χ0) is 15.9. The van der Waals surface area contributed by atoms with E-state index in [1.165, 1.54) is 11.4 Å². The van der Waals surface area contributed by atoms with E-state index in [0.29, 0.717) is 16.8 Å². The van der Waals surface area contributed by atoms with Crippen LogP contribution < -0.4 is 9.04 Å². The summed E-state index contributed by atoms with van der Waals surface area (Å²) >= 11 is 3.33. The number of benzene rings is 2. The fourth-order valence-electron chi connectivity index (χ4n) is 2.78. The van der Waals surface area contributed by atoms with Crippen LogP contribution >= 0.6 is 15.9 Å². The molecule has 2 aromatic carbocycles. The summed E-state index contributed by atoms with van der Waals surface area (Å²) in [7, 11) is -2.20. The predicted octanol–water partition coefficient (Wildman–Crippen LogP) is 3.77. The lowest BCUT2D eigenvalue weighted by Gasteiger charge is -2.21. The lowest BCUT2D eigenvalue weighted by molar-refractivity contribution is 0.402. The molecule has 0 saturated heterocycles. The highest BCUT2D eigenvalue weighted by Gasteiger charge is 2.36. The molecule has 4 nitrogen and oxygen atoms in total. The minimum atomic E-state index is -3.67. The van der Waals surface area contributed by atoms with Gasteiger partial charge >= 0.3 is 0 Å². The smallest absolute Gasteiger partial charge is 0.268 e. The highest BCUT2D eigenvalue weighted by atomic mass is 79.9. The van der Waals surface area contributed by atoms with Crippen LogP contribution in [0.4, 0.5) is 5.69 Å². The molecule has 3 rings (SSSR count). The number of rotatable bonds is 3. The second-order valence-electron chi connectivity index (χ2n) is 5.29. The van der Waals surface area contributed by atoms with E-state index in [1.54, 1.807) is 18.2 Å². The SMILES string of the molecule is COc1ccc(Br)cc1S(=O)(=O)N1CC(C)c2ccccc21. The molecular formula is C16H16BrNO3S. The molecule has 1 unspecified atom stereocenters. The van der Waals surface area contributed by atoms with E-state index < -0.39 is 10.0 Å². The topological polar surface area (TPSA) is 46.6 Å². The Morgan fingerprint density at radius 2 is 1.95 bits per heavy atom. The second-order valence-corrected chi connectivity index (χ2v) is 8.04. The summed E-state index contributed by atoms with van der Waals surface area (Å²) in [5.74, 6) is 0.518. The molecular weight excluding hydrogens is 366 g/mol. The zero-order valence-corrected chi connectivity index (χ0v) is 14.7. The summed E-state index contributed by atoms with van der Waals surface area (Å²) in [5, 5.41) is 0.